The average Bonchev–Trinajstić information content (AvgIpc) is 2.87. The van der Waals surface area contributed by atoms with Gasteiger partial charge in [-0.3, -0.25) is 0 Å². The zero-order valence-electron chi connectivity index (χ0n) is 21.5. The number of carbonyl (C=O) groups excluding carboxylic acids is 2. The van der Waals surface area contributed by atoms with Crippen LogP contribution in [-0.2, 0) is 9.47 Å². The lowest BCUT2D eigenvalue weighted by Crippen LogP contribution is -2.59. The molecule has 0 radical (unpaired) electrons. The van der Waals surface area contributed by atoms with E-state index in [0.717, 1.165) is 5.69 Å². The van der Waals surface area contributed by atoms with Gasteiger partial charge >= 0.3 is 12.2 Å². The molecular formula is C26H34N6O5. The summed E-state index contributed by atoms with van der Waals surface area (Å²) in [4.78, 5) is 30.9. The van der Waals surface area contributed by atoms with Crippen LogP contribution < -0.4 is 10.2 Å². The number of phenolic OH excluding ortho intramolecular Hbond substituents is 1. The van der Waals surface area contributed by atoms with E-state index >= 15 is 0 Å². The molecule has 3 aliphatic heterocycles. The molecule has 37 heavy (non-hydrogen) atoms. The Morgan fingerprint density at radius 2 is 1.78 bits per heavy atom. The molecule has 3 aliphatic rings. The zero-order valence-corrected chi connectivity index (χ0v) is 21.5. The van der Waals surface area contributed by atoms with Gasteiger partial charge in [0.05, 0.1) is 17.4 Å². The molecule has 2 N–H and O–H groups in total. The molecule has 11 nitrogen and oxygen atoms in total. The first-order chi connectivity index (χ1) is 17.7. The number of amides is 2. The number of piperazine rings is 1. The van der Waals surface area contributed by atoms with Crippen molar-refractivity contribution < 1.29 is 24.2 Å². The van der Waals surface area contributed by atoms with Crippen molar-refractivity contribution in [2.75, 3.05) is 49.5 Å². The Morgan fingerprint density at radius 1 is 1.03 bits per heavy atom. The molecular weight excluding hydrogens is 476 g/mol. The van der Waals surface area contributed by atoms with Crippen molar-refractivity contribution in [1.29, 1.82) is 0 Å². The number of phenols is 1. The van der Waals surface area contributed by atoms with E-state index in [9.17, 15) is 14.7 Å². The number of hydrogen-bond donors (Lipinski definition) is 2. The monoisotopic (exact) mass is 510 g/mol. The molecule has 11 heteroatoms. The summed E-state index contributed by atoms with van der Waals surface area (Å²) >= 11 is 0. The first-order valence-electron chi connectivity index (χ1n) is 12.8. The van der Waals surface area contributed by atoms with Crippen molar-refractivity contribution >= 4 is 23.7 Å². The smallest absolute Gasteiger partial charge is 0.410 e. The van der Waals surface area contributed by atoms with Crippen LogP contribution in [-0.4, -0.2) is 94.3 Å². The number of benzene rings is 1. The third-order valence-corrected chi connectivity index (χ3v) is 6.87. The number of ether oxygens (including phenoxy) is 2. The maximum Gasteiger partial charge on any atom is 0.410 e. The van der Waals surface area contributed by atoms with Crippen LogP contribution >= 0.6 is 0 Å². The van der Waals surface area contributed by atoms with E-state index in [1.54, 1.807) is 21.9 Å². The molecule has 2 aromatic rings. The molecule has 0 bridgehead atoms. The number of carbonyl (C=O) groups is 2. The number of hydrogen-bond acceptors (Lipinski definition) is 9. The number of fused-ring (bicyclic) bond motifs is 3. The Morgan fingerprint density at radius 3 is 2.51 bits per heavy atom. The molecule has 0 saturated carbocycles. The van der Waals surface area contributed by atoms with Crippen LogP contribution in [0.25, 0.3) is 11.3 Å². The number of anilines is 2. The van der Waals surface area contributed by atoms with Crippen molar-refractivity contribution in [2.24, 2.45) is 0 Å². The number of rotatable bonds is 2. The van der Waals surface area contributed by atoms with Gasteiger partial charge in [-0.1, -0.05) is 12.1 Å². The van der Waals surface area contributed by atoms with Gasteiger partial charge in [-0.2, -0.15) is 0 Å². The highest BCUT2D eigenvalue weighted by Crippen LogP contribution is 2.36. The molecule has 2 fully saturated rings. The normalized spacial score (nSPS) is 20.0. The van der Waals surface area contributed by atoms with Gasteiger partial charge in [0.15, 0.2) is 5.82 Å². The van der Waals surface area contributed by atoms with Crippen LogP contribution in [0.4, 0.5) is 21.1 Å². The minimum absolute atomic E-state index is 0.0595. The van der Waals surface area contributed by atoms with Gasteiger partial charge in [-0.15, -0.1) is 10.2 Å². The summed E-state index contributed by atoms with van der Waals surface area (Å²) in [5, 5.41) is 22.2. The van der Waals surface area contributed by atoms with E-state index < -0.39 is 5.60 Å². The van der Waals surface area contributed by atoms with Gasteiger partial charge in [0.1, 0.15) is 17.5 Å². The van der Waals surface area contributed by atoms with E-state index in [4.69, 9.17) is 9.47 Å². The molecule has 2 saturated heterocycles. The zero-order chi connectivity index (χ0) is 26.2. The molecule has 1 aromatic heterocycles. The molecule has 5 rings (SSSR count). The number of nitrogens with zero attached hydrogens (tertiary/aromatic N) is 5. The molecule has 1 aromatic carbocycles. The van der Waals surface area contributed by atoms with Gasteiger partial charge in [0, 0.05) is 57.7 Å². The number of nitrogens with one attached hydrogen (secondary N) is 1. The third-order valence-electron chi connectivity index (χ3n) is 6.87. The predicted octanol–water partition coefficient (Wildman–Crippen LogP) is 3.30. The molecule has 1 atom stereocenters. The van der Waals surface area contributed by atoms with Gasteiger partial charge < -0.3 is 34.6 Å². The largest absolute Gasteiger partial charge is 0.507 e. The van der Waals surface area contributed by atoms with Gasteiger partial charge in [0.25, 0.3) is 0 Å². The van der Waals surface area contributed by atoms with E-state index in [2.05, 4.69) is 20.4 Å². The Labute approximate surface area is 216 Å². The van der Waals surface area contributed by atoms with Crippen LogP contribution in [0.3, 0.4) is 0 Å². The van der Waals surface area contributed by atoms with Gasteiger partial charge in [0.2, 0.25) is 0 Å². The molecule has 1 unspecified atom stereocenters. The fraction of sp³-hybridized carbons (Fsp3) is 0.538. The molecule has 0 aliphatic carbocycles. The highest BCUT2D eigenvalue weighted by Gasteiger charge is 2.36. The summed E-state index contributed by atoms with van der Waals surface area (Å²) in [5.74, 6) is 0.852. The second kappa shape index (κ2) is 9.95. The Kier molecular flexibility index (Phi) is 6.70. The van der Waals surface area contributed by atoms with Crippen LogP contribution in [0, 0.1) is 0 Å². The lowest BCUT2D eigenvalue weighted by molar-refractivity contribution is 0.000283. The molecule has 0 spiro atoms. The first kappa shape index (κ1) is 24.9. The average molecular weight is 511 g/mol. The lowest BCUT2D eigenvalue weighted by atomic mass is 10.1. The van der Waals surface area contributed by atoms with Crippen molar-refractivity contribution in [3.63, 3.8) is 0 Å². The quantitative estimate of drug-likeness (QED) is 0.627. The van der Waals surface area contributed by atoms with Crippen LogP contribution in [0.15, 0.2) is 30.3 Å². The van der Waals surface area contributed by atoms with Crippen molar-refractivity contribution in [1.82, 2.24) is 20.0 Å². The predicted molar refractivity (Wildman–Crippen MR) is 138 cm³/mol. The lowest BCUT2D eigenvalue weighted by Gasteiger charge is -2.45. The van der Waals surface area contributed by atoms with Crippen LogP contribution in [0.2, 0.25) is 0 Å². The van der Waals surface area contributed by atoms with E-state index in [0.29, 0.717) is 69.2 Å². The fourth-order valence-electron chi connectivity index (χ4n) is 4.98. The second-order valence-corrected chi connectivity index (χ2v) is 10.7. The fourth-order valence-corrected chi connectivity index (χ4v) is 4.98. The minimum Gasteiger partial charge on any atom is -0.507 e. The van der Waals surface area contributed by atoms with E-state index in [1.807, 2.05) is 39.0 Å². The van der Waals surface area contributed by atoms with Crippen LogP contribution in [0.5, 0.6) is 5.75 Å². The van der Waals surface area contributed by atoms with Gasteiger partial charge in [-0.05, 0) is 39.0 Å². The summed E-state index contributed by atoms with van der Waals surface area (Å²) in [6.07, 6.45) is 0.331. The Bertz CT molecular complexity index is 1160. The summed E-state index contributed by atoms with van der Waals surface area (Å²) < 4.78 is 11.3. The molecule has 198 valence electrons. The minimum atomic E-state index is -0.533. The van der Waals surface area contributed by atoms with E-state index in [1.165, 1.54) is 0 Å². The molecule has 2 amide bonds. The van der Waals surface area contributed by atoms with Crippen molar-refractivity contribution in [2.45, 2.75) is 51.4 Å². The van der Waals surface area contributed by atoms with Crippen molar-refractivity contribution in [3.05, 3.63) is 30.3 Å². The number of aromatic nitrogens is 2. The SMILES string of the molecule is CC(C)(C)OC(=O)N1CCC(OC(=O)N2CCN3c4cc(-c5ccccc5O)nnc4NCC3C2)CC1. The number of likely N-dealkylation sites (tertiary alicyclic amines) is 1. The maximum absolute atomic E-state index is 13.0. The summed E-state index contributed by atoms with van der Waals surface area (Å²) in [6, 6.07) is 9.05. The second-order valence-electron chi connectivity index (χ2n) is 10.7. The van der Waals surface area contributed by atoms with E-state index in [-0.39, 0.29) is 30.1 Å². The topological polar surface area (TPSA) is 120 Å². The Hall–Kier alpha value is -3.76. The van der Waals surface area contributed by atoms with Gasteiger partial charge in [-0.25, -0.2) is 9.59 Å². The number of aromatic hydroxyl groups is 1. The standard InChI is InChI=1S/C26H34N6O5/c1-26(2,3)37-25(35)30-10-8-18(9-11-30)36-24(34)31-12-13-32-17(16-31)15-27-23-21(32)14-20(28-29-23)19-6-4-5-7-22(19)33/h4-7,14,17-18,33H,8-13,15-16H2,1-3H3,(H,27,29). The highest BCUT2D eigenvalue weighted by molar-refractivity contribution is 5.77. The summed E-state index contributed by atoms with van der Waals surface area (Å²) in [6.45, 7) is 8.87. The van der Waals surface area contributed by atoms with Crippen LogP contribution in [0.1, 0.15) is 33.6 Å². The third kappa shape index (κ3) is 5.50. The summed E-state index contributed by atoms with van der Waals surface area (Å²) in [7, 11) is 0. The number of piperidine rings is 1. The first-order valence-corrected chi connectivity index (χ1v) is 12.8. The maximum atomic E-state index is 13.0. The summed E-state index contributed by atoms with van der Waals surface area (Å²) in [5.41, 5.74) is 1.60. The molecule has 4 heterocycles. The number of para-hydroxylation sites is 1. The highest BCUT2D eigenvalue weighted by atomic mass is 16.6. The van der Waals surface area contributed by atoms with Crippen molar-refractivity contribution in [3.8, 4) is 17.0 Å². The Balaban J connectivity index is 1.17.